The van der Waals surface area contributed by atoms with Crippen molar-refractivity contribution in [1.82, 2.24) is 0 Å². The number of hydrogen-bond acceptors (Lipinski definition) is 3. The summed E-state index contributed by atoms with van der Waals surface area (Å²) in [4.78, 5) is 6.00. The molecule has 0 radical (unpaired) electrons. The Hall–Kier alpha value is -2.78. The Labute approximate surface area is 165 Å². The van der Waals surface area contributed by atoms with Gasteiger partial charge in [0.2, 0.25) is 0 Å². The zero-order valence-corrected chi connectivity index (χ0v) is 16.7. The Balaban J connectivity index is 1.88. The van der Waals surface area contributed by atoms with E-state index in [4.69, 9.17) is 9.73 Å². The molecule has 3 heteroatoms. The van der Waals surface area contributed by atoms with Crippen LogP contribution in [0.15, 0.2) is 101 Å². The number of ether oxygens (including phenoxy) is 1. The predicted molar refractivity (Wildman–Crippen MR) is 116 cm³/mol. The van der Waals surface area contributed by atoms with Crippen LogP contribution in [0.25, 0.3) is 0 Å². The third-order valence-electron chi connectivity index (χ3n) is 3.89. The molecular formula is C24H23NOS. The van der Waals surface area contributed by atoms with E-state index in [0.29, 0.717) is 0 Å². The van der Waals surface area contributed by atoms with E-state index in [1.54, 1.807) is 18.0 Å². The van der Waals surface area contributed by atoms with Crippen LogP contribution in [0.5, 0.6) is 5.75 Å². The second-order valence-electron chi connectivity index (χ2n) is 6.41. The van der Waals surface area contributed by atoms with Crippen LogP contribution in [-0.2, 0) is 0 Å². The van der Waals surface area contributed by atoms with Crippen molar-refractivity contribution in [1.29, 1.82) is 0 Å². The predicted octanol–water partition coefficient (Wildman–Crippen LogP) is 7.11. The number of aliphatic imine (C=N–C) groups is 1. The molecule has 0 bridgehead atoms. The van der Waals surface area contributed by atoms with E-state index in [0.717, 1.165) is 26.9 Å². The fourth-order valence-electron chi connectivity index (χ4n) is 2.50. The second kappa shape index (κ2) is 9.24. The highest BCUT2D eigenvalue weighted by Gasteiger charge is 2.08. The van der Waals surface area contributed by atoms with Crippen LogP contribution in [0, 0.1) is 13.8 Å². The van der Waals surface area contributed by atoms with Gasteiger partial charge < -0.3 is 4.74 Å². The molecule has 0 aliphatic rings. The average molecular weight is 374 g/mol. The first kappa shape index (κ1) is 19.0. The number of para-hydroxylation sites is 1. The van der Waals surface area contributed by atoms with E-state index in [1.807, 2.05) is 55.5 Å². The number of rotatable bonds is 5. The third-order valence-corrected chi connectivity index (χ3v) is 4.99. The maximum absolute atomic E-state index is 5.87. The maximum Gasteiger partial charge on any atom is 0.126 e. The topological polar surface area (TPSA) is 21.6 Å². The van der Waals surface area contributed by atoms with Gasteiger partial charge in [-0.2, -0.15) is 0 Å². The molecule has 0 aliphatic carbocycles. The standard InChI is InChI=1S/C24H23NOS/c1-18-9-7-13-22(15-18)26-17-20(3)24(25-21-11-5-4-6-12-21)27-23-14-8-10-19(2)16-23/h4-17H,1-3H3. The molecule has 0 fully saturated rings. The number of nitrogens with zero attached hydrogens (tertiary/aromatic N) is 1. The second-order valence-corrected chi connectivity index (χ2v) is 7.47. The van der Waals surface area contributed by atoms with Gasteiger partial charge in [-0.1, -0.05) is 59.8 Å². The third kappa shape index (κ3) is 5.87. The van der Waals surface area contributed by atoms with Crippen molar-refractivity contribution in [3.8, 4) is 5.75 Å². The van der Waals surface area contributed by atoms with Gasteiger partial charge in [0.1, 0.15) is 10.8 Å². The number of benzene rings is 3. The van der Waals surface area contributed by atoms with Gasteiger partial charge in [-0.25, -0.2) is 4.99 Å². The fourth-order valence-corrected chi connectivity index (χ4v) is 3.47. The Morgan fingerprint density at radius 3 is 2.26 bits per heavy atom. The Bertz CT molecular complexity index is 961. The molecule has 0 atom stereocenters. The molecule has 0 spiro atoms. The van der Waals surface area contributed by atoms with E-state index in [-0.39, 0.29) is 0 Å². The number of aryl methyl sites for hydroxylation is 2. The lowest BCUT2D eigenvalue weighted by Crippen LogP contribution is -1.97. The summed E-state index contributed by atoms with van der Waals surface area (Å²) >= 11 is 1.65. The van der Waals surface area contributed by atoms with Crippen molar-refractivity contribution in [2.45, 2.75) is 25.7 Å². The molecule has 136 valence electrons. The summed E-state index contributed by atoms with van der Waals surface area (Å²) in [6.07, 6.45) is 1.78. The van der Waals surface area contributed by atoms with Crippen molar-refractivity contribution in [3.05, 3.63) is 102 Å². The Morgan fingerprint density at radius 1 is 0.852 bits per heavy atom. The highest BCUT2D eigenvalue weighted by molar-refractivity contribution is 8.14. The smallest absolute Gasteiger partial charge is 0.126 e. The van der Waals surface area contributed by atoms with Crippen molar-refractivity contribution in [2.24, 2.45) is 4.99 Å². The van der Waals surface area contributed by atoms with Gasteiger partial charge in [-0.05, 0) is 62.7 Å². The SMILES string of the molecule is CC(=COc1cccc(C)c1)C(=Nc1ccccc1)Sc1cccc(C)c1. The van der Waals surface area contributed by atoms with Crippen molar-refractivity contribution in [3.63, 3.8) is 0 Å². The molecule has 0 N–H and O–H groups in total. The first-order valence-electron chi connectivity index (χ1n) is 8.89. The van der Waals surface area contributed by atoms with Crippen LogP contribution >= 0.6 is 11.8 Å². The highest BCUT2D eigenvalue weighted by atomic mass is 32.2. The quantitative estimate of drug-likeness (QED) is 0.206. The number of hydrogen-bond donors (Lipinski definition) is 0. The molecule has 0 aliphatic heterocycles. The maximum atomic E-state index is 5.87. The molecule has 0 unspecified atom stereocenters. The van der Waals surface area contributed by atoms with E-state index < -0.39 is 0 Å². The normalized spacial score (nSPS) is 12.1. The van der Waals surface area contributed by atoms with Gasteiger partial charge in [0.05, 0.1) is 11.9 Å². The van der Waals surface area contributed by atoms with Gasteiger partial charge in [0.25, 0.3) is 0 Å². The number of thioether (sulfide) groups is 1. The van der Waals surface area contributed by atoms with Gasteiger partial charge >= 0.3 is 0 Å². The molecule has 0 amide bonds. The molecule has 2 nitrogen and oxygen atoms in total. The van der Waals surface area contributed by atoms with Crippen LogP contribution in [0.2, 0.25) is 0 Å². The van der Waals surface area contributed by atoms with E-state index in [9.17, 15) is 0 Å². The zero-order valence-electron chi connectivity index (χ0n) is 15.8. The molecular weight excluding hydrogens is 350 g/mol. The first-order chi connectivity index (χ1) is 13.1. The molecule has 3 aromatic rings. The van der Waals surface area contributed by atoms with Gasteiger partial charge in [0, 0.05) is 10.5 Å². The highest BCUT2D eigenvalue weighted by Crippen LogP contribution is 2.27. The van der Waals surface area contributed by atoms with E-state index in [2.05, 4.69) is 44.2 Å². The monoisotopic (exact) mass is 373 g/mol. The minimum atomic E-state index is 0.828. The minimum absolute atomic E-state index is 0.828. The van der Waals surface area contributed by atoms with Gasteiger partial charge in [-0.15, -0.1) is 0 Å². The molecule has 0 saturated heterocycles. The molecule has 0 heterocycles. The summed E-state index contributed by atoms with van der Waals surface area (Å²) in [7, 11) is 0. The average Bonchev–Trinajstić information content (AvgIpc) is 2.66. The van der Waals surface area contributed by atoms with E-state index >= 15 is 0 Å². The Kier molecular flexibility index (Phi) is 6.50. The zero-order chi connectivity index (χ0) is 19.1. The summed E-state index contributed by atoms with van der Waals surface area (Å²) in [5, 5.41) is 0.916. The lowest BCUT2D eigenvalue weighted by molar-refractivity contribution is 0.478. The lowest BCUT2D eigenvalue weighted by atomic mass is 10.2. The van der Waals surface area contributed by atoms with Crippen LogP contribution in [0.1, 0.15) is 18.1 Å². The summed E-state index contributed by atoms with van der Waals surface area (Å²) < 4.78 is 5.87. The van der Waals surface area contributed by atoms with Gasteiger partial charge in [0.15, 0.2) is 0 Å². The lowest BCUT2D eigenvalue weighted by Gasteiger charge is -2.09. The van der Waals surface area contributed by atoms with Gasteiger partial charge in [-0.3, -0.25) is 0 Å². The largest absolute Gasteiger partial charge is 0.465 e. The Morgan fingerprint density at radius 2 is 1.56 bits per heavy atom. The molecule has 0 saturated carbocycles. The van der Waals surface area contributed by atoms with Crippen molar-refractivity contribution >= 4 is 22.5 Å². The first-order valence-corrected chi connectivity index (χ1v) is 9.70. The summed E-state index contributed by atoms with van der Waals surface area (Å²) in [6.45, 7) is 6.18. The summed E-state index contributed by atoms with van der Waals surface area (Å²) in [5.74, 6) is 0.828. The minimum Gasteiger partial charge on any atom is -0.465 e. The van der Waals surface area contributed by atoms with Crippen molar-refractivity contribution in [2.75, 3.05) is 0 Å². The van der Waals surface area contributed by atoms with Crippen LogP contribution in [0.3, 0.4) is 0 Å². The molecule has 27 heavy (non-hydrogen) atoms. The molecule has 3 aromatic carbocycles. The van der Waals surface area contributed by atoms with E-state index in [1.165, 1.54) is 11.1 Å². The summed E-state index contributed by atoms with van der Waals surface area (Å²) in [6, 6.07) is 26.5. The van der Waals surface area contributed by atoms with Crippen molar-refractivity contribution < 1.29 is 4.74 Å². The molecule has 0 aromatic heterocycles. The van der Waals surface area contributed by atoms with Crippen LogP contribution < -0.4 is 4.74 Å². The van der Waals surface area contributed by atoms with Crippen LogP contribution in [-0.4, -0.2) is 5.04 Å². The summed E-state index contributed by atoms with van der Waals surface area (Å²) in [5.41, 5.74) is 4.31. The molecule has 3 rings (SSSR count). The fraction of sp³-hybridized carbons (Fsp3) is 0.125. The van der Waals surface area contributed by atoms with Crippen LogP contribution in [0.4, 0.5) is 5.69 Å².